The van der Waals surface area contributed by atoms with Gasteiger partial charge < -0.3 is 10.1 Å². The fourth-order valence-electron chi connectivity index (χ4n) is 2.44. The minimum absolute atomic E-state index is 0.0845. The van der Waals surface area contributed by atoms with E-state index < -0.39 is 0 Å². The van der Waals surface area contributed by atoms with Crippen LogP contribution in [0, 0.1) is 6.92 Å². The molecule has 1 saturated heterocycles. The molecule has 1 aliphatic heterocycles. The number of carbonyl (C=O) groups excluding carboxylic acids is 1. The molecule has 0 bridgehead atoms. The lowest BCUT2D eigenvalue weighted by Gasteiger charge is -2.09. The zero-order valence-electron chi connectivity index (χ0n) is 12.3. The maximum absolute atomic E-state index is 12.3. The summed E-state index contributed by atoms with van der Waals surface area (Å²) in [6.07, 6.45) is 2.22. The van der Waals surface area contributed by atoms with Crippen molar-refractivity contribution in [3.63, 3.8) is 0 Å². The number of aromatic nitrogens is 1. The lowest BCUT2D eigenvalue weighted by molar-refractivity contribution is 0.0860. The van der Waals surface area contributed by atoms with Gasteiger partial charge in [-0.25, -0.2) is 4.98 Å². The van der Waals surface area contributed by atoms with Crippen molar-refractivity contribution in [2.45, 2.75) is 25.9 Å². The number of aryl methyl sites for hydroxylation is 1. The fraction of sp³-hybridized carbons (Fsp3) is 0.375. The first-order valence-corrected chi connectivity index (χ1v) is 8.46. The van der Waals surface area contributed by atoms with Crippen LogP contribution in [0.15, 0.2) is 24.3 Å². The molecule has 6 heteroatoms. The second-order valence-corrected chi connectivity index (χ2v) is 6.72. The van der Waals surface area contributed by atoms with E-state index in [1.165, 1.54) is 11.3 Å². The number of carbonyl (C=O) groups is 1. The first-order chi connectivity index (χ1) is 10.6. The summed E-state index contributed by atoms with van der Waals surface area (Å²) >= 11 is 7.40. The minimum Gasteiger partial charge on any atom is -0.376 e. The van der Waals surface area contributed by atoms with Crippen molar-refractivity contribution in [2.75, 3.05) is 13.2 Å². The summed E-state index contributed by atoms with van der Waals surface area (Å²) in [5, 5.41) is 4.41. The molecule has 0 aliphatic carbocycles. The molecule has 0 radical (unpaired) electrons. The van der Waals surface area contributed by atoms with Crippen LogP contribution in [0.4, 0.5) is 0 Å². The number of thiazole rings is 1. The Balaban J connectivity index is 1.72. The molecular weight excluding hydrogens is 320 g/mol. The van der Waals surface area contributed by atoms with E-state index in [1.807, 2.05) is 31.2 Å². The molecule has 22 heavy (non-hydrogen) atoms. The van der Waals surface area contributed by atoms with E-state index in [-0.39, 0.29) is 12.0 Å². The highest BCUT2D eigenvalue weighted by Crippen LogP contribution is 2.29. The van der Waals surface area contributed by atoms with Gasteiger partial charge in [-0.1, -0.05) is 23.7 Å². The van der Waals surface area contributed by atoms with E-state index in [9.17, 15) is 4.79 Å². The summed E-state index contributed by atoms with van der Waals surface area (Å²) in [6.45, 7) is 3.20. The van der Waals surface area contributed by atoms with Gasteiger partial charge in [0.2, 0.25) is 0 Å². The molecule has 1 amide bonds. The Labute approximate surface area is 138 Å². The van der Waals surface area contributed by atoms with Crippen molar-refractivity contribution in [3.05, 3.63) is 39.9 Å². The molecule has 3 rings (SSSR count). The van der Waals surface area contributed by atoms with Crippen LogP contribution in [-0.2, 0) is 4.74 Å². The lowest BCUT2D eigenvalue weighted by Crippen LogP contribution is -2.31. The van der Waals surface area contributed by atoms with Gasteiger partial charge in [0.25, 0.3) is 5.91 Å². The van der Waals surface area contributed by atoms with Gasteiger partial charge in [0.05, 0.1) is 11.8 Å². The largest absolute Gasteiger partial charge is 0.376 e. The van der Waals surface area contributed by atoms with Crippen molar-refractivity contribution in [1.82, 2.24) is 10.3 Å². The zero-order valence-corrected chi connectivity index (χ0v) is 13.8. The van der Waals surface area contributed by atoms with Crippen molar-refractivity contribution < 1.29 is 9.53 Å². The summed E-state index contributed by atoms with van der Waals surface area (Å²) in [7, 11) is 0. The second kappa shape index (κ2) is 6.77. The van der Waals surface area contributed by atoms with E-state index in [2.05, 4.69) is 10.3 Å². The van der Waals surface area contributed by atoms with Crippen LogP contribution >= 0.6 is 22.9 Å². The van der Waals surface area contributed by atoms with Crippen molar-refractivity contribution in [3.8, 4) is 10.6 Å². The van der Waals surface area contributed by atoms with Gasteiger partial charge >= 0.3 is 0 Å². The number of benzene rings is 1. The minimum atomic E-state index is -0.0845. The Kier molecular flexibility index (Phi) is 4.76. The molecule has 1 atom stereocenters. The van der Waals surface area contributed by atoms with Crippen LogP contribution in [0.3, 0.4) is 0 Å². The maximum Gasteiger partial charge on any atom is 0.263 e. The van der Waals surface area contributed by atoms with Crippen LogP contribution in [0.2, 0.25) is 5.02 Å². The maximum atomic E-state index is 12.3. The molecule has 1 aromatic carbocycles. The second-order valence-electron chi connectivity index (χ2n) is 5.29. The van der Waals surface area contributed by atoms with Crippen molar-refractivity contribution >= 4 is 28.8 Å². The number of hydrogen-bond donors (Lipinski definition) is 1. The number of ether oxygens (including phenoxy) is 1. The molecule has 2 aromatic rings. The Bertz CT molecular complexity index is 681. The average Bonchev–Trinajstić information content (AvgIpc) is 3.14. The molecule has 1 N–H and O–H groups in total. The number of amides is 1. The van der Waals surface area contributed by atoms with E-state index in [4.69, 9.17) is 16.3 Å². The van der Waals surface area contributed by atoms with Crippen molar-refractivity contribution in [1.29, 1.82) is 0 Å². The molecule has 0 saturated carbocycles. The lowest BCUT2D eigenvalue weighted by atomic mass is 10.2. The first-order valence-electron chi connectivity index (χ1n) is 7.26. The van der Waals surface area contributed by atoms with Crippen molar-refractivity contribution in [2.24, 2.45) is 0 Å². The summed E-state index contributed by atoms with van der Waals surface area (Å²) in [5.74, 6) is -0.0845. The molecular formula is C16H17ClN2O2S. The Morgan fingerprint density at radius 2 is 2.41 bits per heavy atom. The van der Waals surface area contributed by atoms with Crippen LogP contribution in [0.25, 0.3) is 10.6 Å². The third-order valence-corrected chi connectivity index (χ3v) is 5.03. The Morgan fingerprint density at radius 1 is 1.55 bits per heavy atom. The predicted molar refractivity (Wildman–Crippen MR) is 88.6 cm³/mol. The summed E-state index contributed by atoms with van der Waals surface area (Å²) in [4.78, 5) is 17.4. The monoisotopic (exact) mass is 336 g/mol. The predicted octanol–water partition coefficient (Wildman–Crippen LogP) is 3.68. The van der Waals surface area contributed by atoms with E-state index in [0.29, 0.717) is 16.4 Å². The summed E-state index contributed by atoms with van der Waals surface area (Å²) in [6, 6.07) is 7.50. The molecule has 2 heterocycles. The smallest absolute Gasteiger partial charge is 0.263 e. The first kappa shape index (κ1) is 15.5. The average molecular weight is 337 g/mol. The normalized spacial score (nSPS) is 17.6. The summed E-state index contributed by atoms with van der Waals surface area (Å²) < 4.78 is 5.52. The number of nitrogens with one attached hydrogen (secondary N) is 1. The zero-order chi connectivity index (χ0) is 15.5. The third-order valence-electron chi connectivity index (χ3n) is 3.59. The topological polar surface area (TPSA) is 51.2 Å². The highest BCUT2D eigenvalue weighted by atomic mass is 35.5. The molecule has 0 unspecified atom stereocenters. The third kappa shape index (κ3) is 3.48. The highest BCUT2D eigenvalue weighted by Gasteiger charge is 2.20. The number of halogens is 1. The number of hydrogen-bond acceptors (Lipinski definition) is 4. The molecule has 1 fully saturated rings. The van der Waals surface area contributed by atoms with Gasteiger partial charge in [-0.15, -0.1) is 11.3 Å². The van der Waals surface area contributed by atoms with Gasteiger partial charge in [0, 0.05) is 23.7 Å². The number of rotatable bonds is 4. The van der Waals surface area contributed by atoms with Crippen LogP contribution < -0.4 is 5.32 Å². The molecule has 0 spiro atoms. The van der Waals surface area contributed by atoms with E-state index >= 15 is 0 Å². The quantitative estimate of drug-likeness (QED) is 0.926. The van der Waals surface area contributed by atoms with Gasteiger partial charge in [-0.2, -0.15) is 0 Å². The molecule has 1 aromatic heterocycles. The van der Waals surface area contributed by atoms with Crippen LogP contribution in [-0.4, -0.2) is 30.1 Å². The molecule has 4 nitrogen and oxygen atoms in total. The van der Waals surface area contributed by atoms with Crippen LogP contribution in [0.1, 0.15) is 28.2 Å². The summed E-state index contributed by atoms with van der Waals surface area (Å²) in [5.41, 5.74) is 1.67. The molecule has 116 valence electrons. The Hall–Kier alpha value is -1.43. The fourth-order valence-corrected chi connectivity index (χ4v) is 3.61. The SMILES string of the molecule is Cc1nc(-c2cccc(Cl)c2)sc1C(=O)NC[C@@H]1CCCO1. The van der Waals surface area contributed by atoms with E-state index in [0.717, 1.165) is 35.7 Å². The van der Waals surface area contributed by atoms with E-state index in [1.54, 1.807) is 0 Å². The van der Waals surface area contributed by atoms with Crippen LogP contribution in [0.5, 0.6) is 0 Å². The van der Waals surface area contributed by atoms with Gasteiger partial charge in [-0.05, 0) is 31.9 Å². The van der Waals surface area contributed by atoms with Gasteiger partial charge in [0.1, 0.15) is 9.88 Å². The van der Waals surface area contributed by atoms with Gasteiger partial charge in [0.15, 0.2) is 0 Å². The Morgan fingerprint density at radius 3 is 3.14 bits per heavy atom. The standard InChI is InChI=1S/C16H17ClN2O2S/c1-10-14(15(20)18-9-13-6-3-7-21-13)22-16(19-10)11-4-2-5-12(17)8-11/h2,4-5,8,13H,3,6-7,9H2,1H3,(H,18,20)/t13-/m0/s1. The number of nitrogens with zero attached hydrogens (tertiary/aromatic N) is 1. The van der Waals surface area contributed by atoms with Gasteiger partial charge in [-0.3, -0.25) is 4.79 Å². The molecule has 1 aliphatic rings. The highest BCUT2D eigenvalue weighted by molar-refractivity contribution is 7.17.